The number of amides is 2. The molecule has 0 bridgehead atoms. The largest absolute Gasteiger partial charge is 0.423 e. The highest BCUT2D eigenvalue weighted by Gasteiger charge is 2.58. The number of carbonyl (C=O) groups excluding carboxylic acids is 3. The summed E-state index contributed by atoms with van der Waals surface area (Å²) < 4.78 is 5.39. The zero-order valence-corrected chi connectivity index (χ0v) is 14.8. The minimum absolute atomic E-state index is 0.247. The summed E-state index contributed by atoms with van der Waals surface area (Å²) in [5.74, 6) is -2.05. The van der Waals surface area contributed by atoms with Gasteiger partial charge in [0.05, 0.1) is 22.2 Å². The van der Waals surface area contributed by atoms with Gasteiger partial charge in [-0.25, -0.2) is 9.69 Å². The molecule has 3 atom stereocenters. The van der Waals surface area contributed by atoms with Crippen molar-refractivity contribution in [3.05, 3.63) is 70.8 Å². The molecule has 5 rings (SSSR count). The molecule has 1 fully saturated rings. The van der Waals surface area contributed by atoms with Crippen LogP contribution in [0.25, 0.3) is 0 Å². The average molecular weight is 378 g/mol. The van der Waals surface area contributed by atoms with Gasteiger partial charge in [-0.3, -0.25) is 9.59 Å². The number of rotatable bonds is 1. The quantitative estimate of drug-likeness (QED) is 0.465. The van der Waals surface area contributed by atoms with E-state index in [4.69, 9.17) is 10.5 Å². The summed E-state index contributed by atoms with van der Waals surface area (Å²) in [6.45, 7) is 0. The van der Waals surface area contributed by atoms with Crippen molar-refractivity contribution in [2.24, 2.45) is 11.7 Å². The standard InChI is InChI=1S/C20H14N2O4S/c21-17-15-13(11-8-4-5-9-12(11)26-20(15)25)14-16(27-17)19(24)22(18(14)23)10-6-2-1-3-7-10/h1-9,13-14,16H,21H2/t13-,14+,16-/m1/s1. The number of imide groups is 1. The summed E-state index contributed by atoms with van der Waals surface area (Å²) in [6.07, 6.45) is 0. The van der Waals surface area contributed by atoms with Crippen molar-refractivity contribution in [2.75, 3.05) is 4.90 Å². The molecule has 7 heteroatoms. The van der Waals surface area contributed by atoms with E-state index in [0.29, 0.717) is 17.0 Å². The summed E-state index contributed by atoms with van der Waals surface area (Å²) in [5, 5.41) is -0.415. The first-order chi connectivity index (χ1) is 13.1. The number of benzene rings is 2. The predicted molar refractivity (Wildman–Crippen MR) is 99.8 cm³/mol. The molecule has 3 heterocycles. The van der Waals surface area contributed by atoms with Crippen LogP contribution >= 0.6 is 11.8 Å². The molecule has 2 aromatic rings. The zero-order chi connectivity index (χ0) is 18.7. The monoisotopic (exact) mass is 378 g/mol. The number of hydrogen-bond acceptors (Lipinski definition) is 6. The SMILES string of the molecule is NC1=C2C(=O)Oc3ccccc3[C@@H]2[C@@H]2C(=O)N(c3ccccc3)C(=O)[C@@H]2S1. The van der Waals surface area contributed by atoms with E-state index in [2.05, 4.69) is 0 Å². The topological polar surface area (TPSA) is 89.7 Å². The second-order valence-corrected chi connectivity index (χ2v) is 7.78. The Labute approximate surface area is 159 Å². The van der Waals surface area contributed by atoms with Crippen LogP contribution in [0.5, 0.6) is 5.75 Å². The second kappa shape index (κ2) is 5.72. The second-order valence-electron chi connectivity index (χ2n) is 6.59. The summed E-state index contributed by atoms with van der Waals surface area (Å²) >= 11 is 1.08. The number of esters is 1. The number of nitrogens with two attached hydrogens (primary N) is 1. The van der Waals surface area contributed by atoms with Crippen molar-refractivity contribution >= 4 is 35.2 Å². The Balaban J connectivity index is 1.68. The summed E-state index contributed by atoms with van der Waals surface area (Å²) in [7, 11) is 0. The van der Waals surface area contributed by atoms with Gasteiger partial charge in [0.2, 0.25) is 11.8 Å². The van der Waals surface area contributed by atoms with E-state index in [1.54, 1.807) is 36.4 Å². The number of anilines is 1. The molecule has 2 amide bonds. The van der Waals surface area contributed by atoms with Gasteiger partial charge >= 0.3 is 5.97 Å². The number of nitrogens with zero attached hydrogens (tertiary/aromatic N) is 1. The molecular weight excluding hydrogens is 364 g/mol. The Morgan fingerprint density at radius 1 is 0.926 bits per heavy atom. The first kappa shape index (κ1) is 16.1. The molecule has 2 aromatic carbocycles. The Bertz CT molecular complexity index is 1030. The normalized spacial score (nSPS) is 26.4. The maximum Gasteiger partial charge on any atom is 0.342 e. The molecule has 1 saturated heterocycles. The van der Waals surface area contributed by atoms with Crippen molar-refractivity contribution in [3.8, 4) is 5.75 Å². The van der Waals surface area contributed by atoms with Gasteiger partial charge in [-0.05, 0) is 18.2 Å². The van der Waals surface area contributed by atoms with Crippen molar-refractivity contribution in [2.45, 2.75) is 11.2 Å². The predicted octanol–water partition coefficient (Wildman–Crippen LogP) is 2.16. The van der Waals surface area contributed by atoms with E-state index in [1.165, 1.54) is 4.90 Å². The van der Waals surface area contributed by atoms with Gasteiger partial charge in [0.1, 0.15) is 11.0 Å². The van der Waals surface area contributed by atoms with E-state index in [0.717, 1.165) is 11.8 Å². The van der Waals surface area contributed by atoms with E-state index in [9.17, 15) is 14.4 Å². The van der Waals surface area contributed by atoms with Gasteiger partial charge in [0.25, 0.3) is 0 Å². The molecule has 0 radical (unpaired) electrons. The molecule has 0 aliphatic carbocycles. The highest BCUT2D eigenvalue weighted by atomic mass is 32.2. The summed E-state index contributed by atoms with van der Waals surface area (Å²) in [6, 6.07) is 15.9. The van der Waals surface area contributed by atoms with Crippen LogP contribution in [0.4, 0.5) is 5.69 Å². The molecular formula is C20H14N2O4S. The fourth-order valence-corrected chi connectivity index (χ4v) is 5.27. The number of para-hydroxylation sites is 2. The van der Waals surface area contributed by atoms with Crippen molar-refractivity contribution in [1.82, 2.24) is 0 Å². The maximum atomic E-state index is 13.3. The fourth-order valence-electron chi connectivity index (χ4n) is 4.04. The maximum absolute atomic E-state index is 13.3. The number of ether oxygens (including phenoxy) is 1. The Morgan fingerprint density at radius 2 is 1.63 bits per heavy atom. The Kier molecular flexibility index (Phi) is 3.42. The van der Waals surface area contributed by atoms with Crippen LogP contribution in [0.3, 0.4) is 0 Å². The summed E-state index contributed by atoms with van der Waals surface area (Å²) in [4.78, 5) is 40.1. The van der Waals surface area contributed by atoms with Gasteiger partial charge < -0.3 is 10.5 Å². The van der Waals surface area contributed by atoms with Gasteiger partial charge in [0.15, 0.2) is 0 Å². The Morgan fingerprint density at radius 3 is 2.41 bits per heavy atom. The molecule has 3 aliphatic rings. The molecule has 27 heavy (non-hydrogen) atoms. The van der Waals surface area contributed by atoms with Crippen molar-refractivity contribution < 1.29 is 19.1 Å². The van der Waals surface area contributed by atoms with Crippen LogP contribution < -0.4 is 15.4 Å². The lowest BCUT2D eigenvalue weighted by Crippen LogP contribution is -2.39. The number of fused-ring (bicyclic) bond motifs is 5. The highest BCUT2D eigenvalue weighted by molar-refractivity contribution is 8.04. The van der Waals surface area contributed by atoms with E-state index >= 15 is 0 Å². The minimum atomic E-state index is -0.695. The number of hydrogen-bond donors (Lipinski definition) is 1. The van der Waals surface area contributed by atoms with Crippen LogP contribution in [0.2, 0.25) is 0 Å². The first-order valence-corrected chi connectivity index (χ1v) is 9.36. The van der Waals surface area contributed by atoms with Crippen molar-refractivity contribution in [3.63, 3.8) is 0 Å². The van der Waals surface area contributed by atoms with Gasteiger partial charge in [0, 0.05) is 11.5 Å². The van der Waals surface area contributed by atoms with Crippen LogP contribution in [-0.4, -0.2) is 23.0 Å². The number of carbonyl (C=O) groups is 3. The lowest BCUT2D eigenvalue weighted by Gasteiger charge is -2.36. The molecule has 0 aromatic heterocycles. The third kappa shape index (κ3) is 2.18. The fraction of sp³-hybridized carbons (Fsp3) is 0.150. The Hall–Kier alpha value is -3.06. The molecule has 3 aliphatic heterocycles. The van der Waals surface area contributed by atoms with Crippen molar-refractivity contribution in [1.29, 1.82) is 0 Å². The van der Waals surface area contributed by atoms with Crippen LogP contribution in [0.1, 0.15) is 11.5 Å². The molecule has 0 saturated carbocycles. The average Bonchev–Trinajstić information content (AvgIpc) is 2.92. The van der Waals surface area contributed by atoms with Crippen LogP contribution in [0, 0.1) is 5.92 Å². The van der Waals surface area contributed by atoms with E-state index in [-0.39, 0.29) is 22.4 Å². The molecule has 6 nitrogen and oxygen atoms in total. The molecule has 0 spiro atoms. The highest BCUT2D eigenvalue weighted by Crippen LogP contribution is 2.54. The lowest BCUT2D eigenvalue weighted by atomic mass is 9.77. The van der Waals surface area contributed by atoms with E-state index < -0.39 is 23.1 Å². The molecule has 2 N–H and O–H groups in total. The first-order valence-electron chi connectivity index (χ1n) is 8.48. The molecule has 134 valence electrons. The smallest absolute Gasteiger partial charge is 0.342 e. The zero-order valence-electron chi connectivity index (χ0n) is 14.0. The third-order valence-corrected chi connectivity index (χ3v) is 6.40. The molecule has 0 unspecified atom stereocenters. The van der Waals surface area contributed by atoms with Gasteiger partial charge in [-0.15, -0.1) is 0 Å². The minimum Gasteiger partial charge on any atom is -0.423 e. The van der Waals surface area contributed by atoms with Crippen LogP contribution in [0.15, 0.2) is 65.2 Å². The number of thioether (sulfide) groups is 1. The van der Waals surface area contributed by atoms with Gasteiger partial charge in [-0.2, -0.15) is 0 Å². The summed E-state index contributed by atoms with van der Waals surface area (Å²) in [5.41, 5.74) is 7.65. The third-order valence-electron chi connectivity index (χ3n) is 5.18. The van der Waals surface area contributed by atoms with E-state index in [1.807, 2.05) is 18.2 Å². The lowest BCUT2D eigenvalue weighted by molar-refractivity contribution is -0.131. The van der Waals surface area contributed by atoms with Gasteiger partial charge in [-0.1, -0.05) is 48.2 Å². The van der Waals surface area contributed by atoms with Crippen LogP contribution in [-0.2, 0) is 14.4 Å².